The number of hydrogen-bond acceptors (Lipinski definition) is 2. The van der Waals surface area contributed by atoms with Crippen molar-refractivity contribution in [3.05, 3.63) is 0 Å². The standard InChI is InChI=1S/C10H19NO3/c1-4-5-7(2)10(14)11-8(3)6-9(12)13/h7-8H,4-6H2,1-3H3,(H,11,14)(H,12,13)/t7-,8-/m1/s1. The zero-order chi connectivity index (χ0) is 11.1. The van der Waals surface area contributed by atoms with Gasteiger partial charge in [-0.05, 0) is 13.3 Å². The highest BCUT2D eigenvalue weighted by atomic mass is 16.4. The van der Waals surface area contributed by atoms with Crippen molar-refractivity contribution in [2.24, 2.45) is 5.92 Å². The van der Waals surface area contributed by atoms with Gasteiger partial charge in [0.05, 0.1) is 6.42 Å². The van der Waals surface area contributed by atoms with Crippen LogP contribution in [0.4, 0.5) is 0 Å². The maximum Gasteiger partial charge on any atom is 0.305 e. The fourth-order valence-corrected chi connectivity index (χ4v) is 1.26. The van der Waals surface area contributed by atoms with Gasteiger partial charge in [0.1, 0.15) is 0 Å². The lowest BCUT2D eigenvalue weighted by Gasteiger charge is -2.15. The van der Waals surface area contributed by atoms with Crippen LogP contribution >= 0.6 is 0 Å². The second-order valence-corrected chi connectivity index (χ2v) is 3.70. The van der Waals surface area contributed by atoms with Crippen molar-refractivity contribution in [3.63, 3.8) is 0 Å². The predicted molar refractivity (Wildman–Crippen MR) is 53.9 cm³/mol. The van der Waals surface area contributed by atoms with Gasteiger partial charge in [-0.25, -0.2) is 0 Å². The van der Waals surface area contributed by atoms with Crippen LogP contribution in [-0.4, -0.2) is 23.0 Å². The van der Waals surface area contributed by atoms with Crippen molar-refractivity contribution in [3.8, 4) is 0 Å². The van der Waals surface area contributed by atoms with E-state index in [1.54, 1.807) is 6.92 Å². The molecule has 0 aromatic rings. The van der Waals surface area contributed by atoms with Gasteiger partial charge < -0.3 is 10.4 Å². The maximum absolute atomic E-state index is 11.4. The quantitative estimate of drug-likeness (QED) is 0.682. The largest absolute Gasteiger partial charge is 0.481 e. The molecule has 0 aromatic carbocycles. The second kappa shape index (κ2) is 6.40. The van der Waals surface area contributed by atoms with Gasteiger partial charge in [0.25, 0.3) is 0 Å². The van der Waals surface area contributed by atoms with Gasteiger partial charge in [0.2, 0.25) is 5.91 Å². The summed E-state index contributed by atoms with van der Waals surface area (Å²) in [6.45, 7) is 5.57. The van der Waals surface area contributed by atoms with Crippen LogP contribution in [0.5, 0.6) is 0 Å². The summed E-state index contributed by atoms with van der Waals surface area (Å²) >= 11 is 0. The number of nitrogens with one attached hydrogen (secondary N) is 1. The van der Waals surface area contributed by atoms with Crippen molar-refractivity contribution in [2.75, 3.05) is 0 Å². The third kappa shape index (κ3) is 5.56. The van der Waals surface area contributed by atoms with Crippen LogP contribution in [0.15, 0.2) is 0 Å². The van der Waals surface area contributed by atoms with E-state index in [4.69, 9.17) is 5.11 Å². The van der Waals surface area contributed by atoms with Crippen molar-refractivity contribution in [1.82, 2.24) is 5.32 Å². The Labute approximate surface area is 84.7 Å². The number of carboxylic acids is 1. The average Bonchev–Trinajstić information content (AvgIpc) is 2.02. The third-order valence-electron chi connectivity index (χ3n) is 2.04. The molecule has 0 fully saturated rings. The first-order valence-electron chi connectivity index (χ1n) is 4.99. The summed E-state index contributed by atoms with van der Waals surface area (Å²) in [4.78, 5) is 21.8. The van der Waals surface area contributed by atoms with Gasteiger partial charge in [-0.15, -0.1) is 0 Å². The van der Waals surface area contributed by atoms with Crippen LogP contribution < -0.4 is 5.32 Å². The summed E-state index contributed by atoms with van der Waals surface area (Å²) in [6.07, 6.45) is 1.78. The fourth-order valence-electron chi connectivity index (χ4n) is 1.26. The Morgan fingerprint density at radius 3 is 2.36 bits per heavy atom. The zero-order valence-corrected chi connectivity index (χ0v) is 9.04. The first-order valence-corrected chi connectivity index (χ1v) is 4.99. The fraction of sp³-hybridized carbons (Fsp3) is 0.800. The van der Waals surface area contributed by atoms with Crippen LogP contribution in [0, 0.1) is 5.92 Å². The van der Waals surface area contributed by atoms with Gasteiger partial charge in [-0.1, -0.05) is 20.3 Å². The highest BCUT2D eigenvalue weighted by Gasteiger charge is 2.15. The molecule has 4 nitrogen and oxygen atoms in total. The molecule has 0 aliphatic carbocycles. The molecule has 0 rings (SSSR count). The smallest absolute Gasteiger partial charge is 0.305 e. The minimum Gasteiger partial charge on any atom is -0.481 e. The molecule has 0 aliphatic rings. The summed E-state index contributed by atoms with van der Waals surface area (Å²) in [6, 6.07) is -0.292. The molecule has 14 heavy (non-hydrogen) atoms. The van der Waals surface area contributed by atoms with Gasteiger partial charge in [0.15, 0.2) is 0 Å². The Morgan fingerprint density at radius 1 is 1.36 bits per heavy atom. The Morgan fingerprint density at radius 2 is 1.93 bits per heavy atom. The van der Waals surface area contributed by atoms with E-state index < -0.39 is 5.97 Å². The van der Waals surface area contributed by atoms with Crippen molar-refractivity contribution < 1.29 is 14.7 Å². The molecule has 0 saturated carbocycles. The van der Waals surface area contributed by atoms with Gasteiger partial charge >= 0.3 is 5.97 Å². The van der Waals surface area contributed by atoms with Crippen LogP contribution in [0.1, 0.15) is 40.0 Å². The minimum atomic E-state index is -0.888. The normalized spacial score (nSPS) is 14.5. The molecule has 0 saturated heterocycles. The van der Waals surface area contributed by atoms with Crippen molar-refractivity contribution >= 4 is 11.9 Å². The van der Waals surface area contributed by atoms with E-state index in [2.05, 4.69) is 5.32 Å². The molecule has 0 aromatic heterocycles. The topological polar surface area (TPSA) is 66.4 Å². The third-order valence-corrected chi connectivity index (χ3v) is 2.04. The molecule has 4 heteroatoms. The molecule has 0 heterocycles. The van der Waals surface area contributed by atoms with E-state index in [0.29, 0.717) is 0 Å². The van der Waals surface area contributed by atoms with E-state index in [9.17, 15) is 9.59 Å². The van der Waals surface area contributed by atoms with Gasteiger partial charge in [0, 0.05) is 12.0 Å². The number of hydrogen-bond donors (Lipinski definition) is 2. The van der Waals surface area contributed by atoms with Crippen LogP contribution in [0.25, 0.3) is 0 Å². The monoisotopic (exact) mass is 201 g/mol. The molecule has 0 unspecified atom stereocenters. The number of amides is 1. The lowest BCUT2D eigenvalue weighted by molar-refractivity contribution is -0.137. The first-order chi connectivity index (χ1) is 6.47. The van der Waals surface area contributed by atoms with Crippen molar-refractivity contribution in [1.29, 1.82) is 0 Å². The average molecular weight is 201 g/mol. The summed E-state index contributed by atoms with van der Waals surface area (Å²) in [7, 11) is 0. The molecule has 1 amide bonds. The molecule has 2 atom stereocenters. The number of rotatable bonds is 6. The second-order valence-electron chi connectivity index (χ2n) is 3.70. The lowest BCUT2D eigenvalue weighted by atomic mass is 10.0. The molecule has 0 aliphatic heterocycles. The minimum absolute atomic E-state index is 0.0232. The van der Waals surface area contributed by atoms with Gasteiger partial charge in [-0.2, -0.15) is 0 Å². The Kier molecular flexibility index (Phi) is 5.92. The Balaban J connectivity index is 3.86. The summed E-state index contributed by atoms with van der Waals surface area (Å²) in [5.74, 6) is -0.974. The van der Waals surface area contributed by atoms with E-state index in [-0.39, 0.29) is 24.3 Å². The van der Waals surface area contributed by atoms with Gasteiger partial charge in [-0.3, -0.25) is 9.59 Å². The Bertz CT molecular complexity index is 204. The first kappa shape index (κ1) is 12.9. The SMILES string of the molecule is CCC[C@@H](C)C(=O)N[C@H](C)CC(=O)O. The highest BCUT2D eigenvalue weighted by molar-refractivity contribution is 5.79. The number of carboxylic acid groups (broad SMARTS) is 1. The number of carbonyl (C=O) groups is 2. The summed E-state index contributed by atoms with van der Waals surface area (Å²) in [5, 5.41) is 11.2. The summed E-state index contributed by atoms with van der Waals surface area (Å²) in [5.41, 5.74) is 0. The molecule has 2 N–H and O–H groups in total. The van der Waals surface area contributed by atoms with E-state index in [1.165, 1.54) is 0 Å². The molecular formula is C10H19NO3. The zero-order valence-electron chi connectivity index (χ0n) is 9.04. The van der Waals surface area contributed by atoms with Crippen LogP contribution in [0.2, 0.25) is 0 Å². The Hall–Kier alpha value is -1.06. The number of aliphatic carboxylic acids is 1. The summed E-state index contributed by atoms with van der Waals surface area (Å²) < 4.78 is 0. The molecular weight excluding hydrogens is 182 g/mol. The maximum atomic E-state index is 11.4. The van der Waals surface area contributed by atoms with Crippen LogP contribution in [0.3, 0.4) is 0 Å². The van der Waals surface area contributed by atoms with Crippen LogP contribution in [-0.2, 0) is 9.59 Å². The van der Waals surface area contributed by atoms with E-state index >= 15 is 0 Å². The van der Waals surface area contributed by atoms with Crippen molar-refractivity contribution in [2.45, 2.75) is 46.1 Å². The molecule has 0 radical (unpaired) electrons. The molecule has 0 spiro atoms. The number of carbonyl (C=O) groups excluding carboxylic acids is 1. The van der Waals surface area contributed by atoms with E-state index in [0.717, 1.165) is 12.8 Å². The lowest BCUT2D eigenvalue weighted by Crippen LogP contribution is -2.37. The molecule has 82 valence electrons. The van der Waals surface area contributed by atoms with E-state index in [1.807, 2.05) is 13.8 Å². The molecule has 0 bridgehead atoms. The highest BCUT2D eigenvalue weighted by Crippen LogP contribution is 2.05. The predicted octanol–water partition coefficient (Wildman–Crippen LogP) is 1.40.